The second-order valence-electron chi connectivity index (χ2n) is 8.01. The van der Waals surface area contributed by atoms with Crippen molar-refractivity contribution in [3.63, 3.8) is 0 Å². The van der Waals surface area contributed by atoms with Crippen LogP contribution in [-0.2, 0) is 19.1 Å². The zero-order chi connectivity index (χ0) is 22.5. The number of esters is 1. The molecule has 0 saturated carbocycles. The van der Waals surface area contributed by atoms with E-state index in [2.05, 4.69) is 15.5 Å². The summed E-state index contributed by atoms with van der Waals surface area (Å²) in [5, 5.41) is 5.46. The molecule has 2 aromatic rings. The number of hydrogen-bond donors (Lipinski definition) is 2. The fourth-order valence-electron chi connectivity index (χ4n) is 3.83. The fraction of sp³-hybridized carbons (Fsp3) is 0.375. The van der Waals surface area contributed by atoms with Crippen LogP contribution in [0.2, 0.25) is 0 Å². The maximum Gasteiger partial charge on any atom is 0.310 e. The van der Waals surface area contributed by atoms with Crippen LogP contribution in [0, 0.1) is 0 Å². The van der Waals surface area contributed by atoms with E-state index in [9.17, 15) is 14.4 Å². The van der Waals surface area contributed by atoms with Gasteiger partial charge in [-0.05, 0) is 62.6 Å². The maximum atomic E-state index is 12.4. The van der Waals surface area contributed by atoms with E-state index in [4.69, 9.17) is 9.47 Å². The molecule has 8 nitrogen and oxygen atoms in total. The molecule has 0 aliphatic carbocycles. The highest BCUT2D eigenvalue weighted by atomic mass is 16.6. The number of rotatable bonds is 6. The summed E-state index contributed by atoms with van der Waals surface area (Å²) in [5.74, 6) is -1.06. The van der Waals surface area contributed by atoms with E-state index in [0.717, 1.165) is 18.8 Å². The molecule has 0 unspecified atom stereocenters. The summed E-state index contributed by atoms with van der Waals surface area (Å²) >= 11 is 0. The lowest BCUT2D eigenvalue weighted by atomic mass is 10.1. The molecule has 2 aliphatic heterocycles. The van der Waals surface area contributed by atoms with Crippen molar-refractivity contribution in [3.05, 3.63) is 48.5 Å². The van der Waals surface area contributed by atoms with Gasteiger partial charge < -0.3 is 25.0 Å². The smallest absolute Gasteiger partial charge is 0.310 e. The van der Waals surface area contributed by atoms with Crippen LogP contribution in [-0.4, -0.2) is 43.1 Å². The molecule has 2 amide bonds. The van der Waals surface area contributed by atoms with E-state index in [-0.39, 0.29) is 6.42 Å². The first kappa shape index (κ1) is 21.7. The Balaban J connectivity index is 1.27. The number of fused-ring (bicyclic) bond motifs is 1. The van der Waals surface area contributed by atoms with Gasteiger partial charge in [-0.25, -0.2) is 0 Å². The summed E-state index contributed by atoms with van der Waals surface area (Å²) in [7, 11) is 0. The van der Waals surface area contributed by atoms with Crippen LogP contribution in [0.25, 0.3) is 0 Å². The number of nitrogens with one attached hydrogen (secondary N) is 2. The summed E-state index contributed by atoms with van der Waals surface area (Å²) in [6.45, 7) is 3.59. The Labute approximate surface area is 186 Å². The fourth-order valence-corrected chi connectivity index (χ4v) is 3.83. The third kappa shape index (κ3) is 5.19. The number of benzene rings is 2. The van der Waals surface area contributed by atoms with Crippen LogP contribution in [0.1, 0.15) is 32.6 Å². The van der Waals surface area contributed by atoms with Crippen molar-refractivity contribution in [2.75, 3.05) is 28.6 Å². The topological polar surface area (TPSA) is 97.0 Å². The van der Waals surface area contributed by atoms with Crippen molar-refractivity contribution in [2.24, 2.45) is 0 Å². The largest absolute Gasteiger partial charge is 0.478 e. The zero-order valence-electron chi connectivity index (χ0n) is 18.0. The van der Waals surface area contributed by atoms with E-state index >= 15 is 0 Å². The van der Waals surface area contributed by atoms with Crippen molar-refractivity contribution in [2.45, 2.75) is 44.8 Å². The van der Waals surface area contributed by atoms with E-state index < -0.39 is 30.0 Å². The van der Waals surface area contributed by atoms with Crippen LogP contribution in [0.15, 0.2) is 48.5 Å². The van der Waals surface area contributed by atoms with Crippen LogP contribution < -0.4 is 20.3 Å². The number of carbonyl (C=O) groups is 3. The molecular formula is C24H27N3O5. The van der Waals surface area contributed by atoms with Crippen LogP contribution in [0.5, 0.6) is 5.75 Å². The molecule has 8 heteroatoms. The van der Waals surface area contributed by atoms with E-state index in [1.807, 2.05) is 24.3 Å². The standard InChI is InChI=1S/C24H27N3O5/c1-16(23(29)25-17-9-11-18(12-10-17)27-13-5-2-6-14-27)31-22(28)15-21-24(30)26-19-7-3-4-8-20(19)32-21/h3-4,7-12,16,21H,2,5-6,13-15H2,1H3,(H,25,29)(H,26,30)/t16-,21+/m0/s1. The highest BCUT2D eigenvalue weighted by Crippen LogP contribution is 2.29. The number of anilines is 3. The van der Waals surface area contributed by atoms with Gasteiger partial charge in [0.1, 0.15) is 5.75 Å². The first-order chi connectivity index (χ1) is 15.5. The molecular weight excluding hydrogens is 410 g/mol. The molecule has 1 fully saturated rings. The lowest BCUT2D eigenvalue weighted by Crippen LogP contribution is -2.40. The lowest BCUT2D eigenvalue weighted by Gasteiger charge is -2.28. The summed E-state index contributed by atoms with van der Waals surface area (Å²) in [4.78, 5) is 39.2. The molecule has 2 heterocycles. The lowest BCUT2D eigenvalue weighted by molar-refractivity contribution is -0.155. The number of hydrogen-bond acceptors (Lipinski definition) is 6. The second-order valence-corrected chi connectivity index (χ2v) is 8.01. The molecule has 0 spiro atoms. The maximum absolute atomic E-state index is 12.4. The van der Waals surface area contributed by atoms with Gasteiger partial charge in [-0.1, -0.05) is 12.1 Å². The molecule has 168 valence electrons. The van der Waals surface area contributed by atoms with Gasteiger partial charge in [0.05, 0.1) is 12.1 Å². The number of piperidine rings is 1. The van der Waals surface area contributed by atoms with Gasteiger partial charge in [0.15, 0.2) is 12.2 Å². The summed E-state index contributed by atoms with van der Waals surface area (Å²) in [5.41, 5.74) is 2.32. The molecule has 4 rings (SSSR count). The minimum Gasteiger partial charge on any atom is -0.478 e. The van der Waals surface area contributed by atoms with Gasteiger partial charge in [-0.2, -0.15) is 0 Å². The Morgan fingerprint density at radius 2 is 1.84 bits per heavy atom. The predicted molar refractivity (Wildman–Crippen MR) is 121 cm³/mol. The first-order valence-corrected chi connectivity index (χ1v) is 10.9. The SMILES string of the molecule is C[C@H](OC(=O)C[C@H]1Oc2ccccc2NC1=O)C(=O)Nc1ccc(N2CCCCC2)cc1. The van der Waals surface area contributed by atoms with Crippen LogP contribution >= 0.6 is 0 Å². The zero-order valence-corrected chi connectivity index (χ0v) is 18.0. The van der Waals surface area contributed by atoms with Gasteiger partial charge in [0.2, 0.25) is 0 Å². The molecule has 2 aromatic carbocycles. The monoisotopic (exact) mass is 437 g/mol. The molecule has 2 N–H and O–H groups in total. The van der Waals surface area contributed by atoms with Gasteiger partial charge in [-0.3, -0.25) is 14.4 Å². The van der Waals surface area contributed by atoms with Gasteiger partial charge in [0, 0.05) is 24.5 Å². The predicted octanol–water partition coefficient (Wildman–Crippen LogP) is 3.34. The van der Waals surface area contributed by atoms with Gasteiger partial charge in [0.25, 0.3) is 11.8 Å². The van der Waals surface area contributed by atoms with Gasteiger partial charge in [-0.15, -0.1) is 0 Å². The highest BCUT2D eigenvalue weighted by Gasteiger charge is 2.31. The Morgan fingerprint density at radius 3 is 2.59 bits per heavy atom. The average Bonchev–Trinajstić information content (AvgIpc) is 2.80. The Bertz CT molecular complexity index is 985. The minimum absolute atomic E-state index is 0.289. The first-order valence-electron chi connectivity index (χ1n) is 10.9. The Hall–Kier alpha value is -3.55. The van der Waals surface area contributed by atoms with E-state index in [1.165, 1.54) is 26.2 Å². The van der Waals surface area contributed by atoms with Crippen molar-refractivity contribution in [1.82, 2.24) is 0 Å². The molecule has 0 radical (unpaired) electrons. The summed E-state index contributed by atoms with van der Waals surface area (Å²) in [6, 6.07) is 14.6. The second kappa shape index (κ2) is 9.72. The number of nitrogens with zero attached hydrogens (tertiary/aromatic N) is 1. The van der Waals surface area contributed by atoms with E-state index in [0.29, 0.717) is 17.1 Å². The number of para-hydroxylation sites is 2. The van der Waals surface area contributed by atoms with Crippen molar-refractivity contribution < 1.29 is 23.9 Å². The summed E-state index contributed by atoms with van der Waals surface area (Å²) < 4.78 is 10.8. The normalized spacial score (nSPS) is 18.6. The van der Waals surface area contributed by atoms with Crippen molar-refractivity contribution in [1.29, 1.82) is 0 Å². The molecule has 1 saturated heterocycles. The quantitative estimate of drug-likeness (QED) is 0.673. The third-order valence-corrected chi connectivity index (χ3v) is 5.59. The third-order valence-electron chi connectivity index (χ3n) is 5.59. The highest BCUT2D eigenvalue weighted by molar-refractivity contribution is 6.00. The Morgan fingerprint density at radius 1 is 1.12 bits per heavy atom. The van der Waals surface area contributed by atoms with Crippen LogP contribution in [0.3, 0.4) is 0 Å². The van der Waals surface area contributed by atoms with Gasteiger partial charge >= 0.3 is 5.97 Å². The molecule has 32 heavy (non-hydrogen) atoms. The average molecular weight is 437 g/mol. The minimum atomic E-state index is -1.01. The number of carbonyl (C=O) groups excluding carboxylic acids is 3. The van der Waals surface area contributed by atoms with Crippen molar-refractivity contribution in [3.8, 4) is 5.75 Å². The van der Waals surface area contributed by atoms with Crippen molar-refractivity contribution >= 4 is 34.8 Å². The molecule has 0 bridgehead atoms. The Kier molecular flexibility index (Phi) is 6.58. The van der Waals surface area contributed by atoms with E-state index in [1.54, 1.807) is 24.3 Å². The number of amides is 2. The molecule has 0 aromatic heterocycles. The number of ether oxygens (including phenoxy) is 2. The molecule has 2 aliphatic rings. The molecule has 2 atom stereocenters. The summed E-state index contributed by atoms with van der Waals surface area (Å²) in [6.07, 6.45) is 1.36. The van der Waals surface area contributed by atoms with Crippen LogP contribution in [0.4, 0.5) is 17.1 Å².